The number of rotatable bonds is 5. The smallest absolute Gasteiger partial charge is 0.392 e. The summed E-state index contributed by atoms with van der Waals surface area (Å²) < 4.78 is 54.3. The van der Waals surface area contributed by atoms with Crippen molar-refractivity contribution in [2.75, 3.05) is 5.32 Å². The Balaban J connectivity index is 1.79. The number of anilines is 1. The fourth-order valence-electron chi connectivity index (χ4n) is 2.79. The second kappa shape index (κ2) is 8.54. The molecule has 0 fully saturated rings. The third-order valence-corrected chi connectivity index (χ3v) is 4.33. The van der Waals surface area contributed by atoms with Crippen molar-refractivity contribution in [3.8, 4) is 5.69 Å². The van der Waals surface area contributed by atoms with Gasteiger partial charge in [-0.25, -0.2) is 13.9 Å². The van der Waals surface area contributed by atoms with Crippen LogP contribution in [0.15, 0.2) is 48.5 Å². The van der Waals surface area contributed by atoms with Crippen LogP contribution in [0.3, 0.4) is 0 Å². The van der Waals surface area contributed by atoms with Gasteiger partial charge in [0.2, 0.25) is 0 Å². The lowest BCUT2D eigenvalue weighted by Crippen LogP contribution is -2.29. The van der Waals surface area contributed by atoms with Crippen LogP contribution in [-0.2, 0) is 19.3 Å². The summed E-state index contributed by atoms with van der Waals surface area (Å²) in [7, 11) is 0. The maximum absolute atomic E-state index is 13.7. The molecule has 0 atom stereocenters. The number of halogens is 4. The van der Waals surface area contributed by atoms with Crippen LogP contribution in [0.25, 0.3) is 5.69 Å². The minimum absolute atomic E-state index is 0.0720. The number of para-hydroxylation sites is 1. The first-order valence-corrected chi connectivity index (χ1v) is 8.85. The Morgan fingerprint density at radius 3 is 2.53 bits per heavy atom. The number of aliphatic hydroxyl groups is 1. The average Bonchev–Trinajstić information content (AvgIpc) is 3.11. The van der Waals surface area contributed by atoms with Gasteiger partial charge in [-0.05, 0) is 36.8 Å². The quantitative estimate of drug-likeness (QED) is 0.541. The Morgan fingerprint density at radius 1 is 1.17 bits per heavy atom. The molecule has 6 nitrogen and oxygen atoms in total. The fourth-order valence-corrected chi connectivity index (χ4v) is 2.79. The maximum Gasteiger partial charge on any atom is 0.435 e. The van der Waals surface area contributed by atoms with Gasteiger partial charge < -0.3 is 15.7 Å². The Labute approximate surface area is 169 Å². The molecule has 0 unspecified atom stereocenters. The highest BCUT2D eigenvalue weighted by molar-refractivity contribution is 5.89. The zero-order chi connectivity index (χ0) is 21.9. The molecule has 0 saturated carbocycles. The third kappa shape index (κ3) is 4.77. The number of nitrogens with zero attached hydrogens (tertiary/aromatic N) is 2. The number of hydrogen-bond acceptors (Lipinski definition) is 3. The van der Waals surface area contributed by atoms with Gasteiger partial charge in [0.25, 0.3) is 0 Å². The van der Waals surface area contributed by atoms with Crippen LogP contribution in [0.1, 0.15) is 22.5 Å². The summed E-state index contributed by atoms with van der Waals surface area (Å²) in [6, 6.07) is 10.6. The molecule has 0 spiro atoms. The number of alkyl halides is 3. The predicted molar refractivity (Wildman–Crippen MR) is 101 cm³/mol. The molecule has 2 amide bonds. The highest BCUT2D eigenvalue weighted by Crippen LogP contribution is 2.30. The zero-order valence-corrected chi connectivity index (χ0v) is 15.8. The minimum Gasteiger partial charge on any atom is -0.392 e. The lowest BCUT2D eigenvalue weighted by atomic mass is 10.2. The van der Waals surface area contributed by atoms with Gasteiger partial charge in [-0.1, -0.05) is 24.3 Å². The molecule has 3 N–H and O–H groups in total. The van der Waals surface area contributed by atoms with Crippen LogP contribution in [0.4, 0.5) is 28.0 Å². The van der Waals surface area contributed by atoms with Crippen molar-refractivity contribution in [2.24, 2.45) is 0 Å². The van der Waals surface area contributed by atoms with E-state index in [1.807, 2.05) is 0 Å². The van der Waals surface area contributed by atoms with Gasteiger partial charge in [0.05, 0.1) is 24.5 Å². The summed E-state index contributed by atoms with van der Waals surface area (Å²) in [4.78, 5) is 12.1. The molecule has 2 aromatic carbocycles. The van der Waals surface area contributed by atoms with E-state index in [9.17, 15) is 22.4 Å². The molecular weight excluding hydrogens is 404 g/mol. The molecule has 3 rings (SSSR count). The van der Waals surface area contributed by atoms with E-state index in [0.717, 1.165) is 16.8 Å². The summed E-state index contributed by atoms with van der Waals surface area (Å²) in [5.41, 5.74) is 0.401. The van der Waals surface area contributed by atoms with Crippen molar-refractivity contribution in [2.45, 2.75) is 26.3 Å². The molecule has 1 aromatic heterocycles. The first-order valence-electron chi connectivity index (χ1n) is 8.85. The molecule has 0 aliphatic heterocycles. The van der Waals surface area contributed by atoms with Crippen LogP contribution in [0.2, 0.25) is 0 Å². The molecule has 158 valence electrons. The van der Waals surface area contributed by atoms with Gasteiger partial charge in [0.15, 0.2) is 5.69 Å². The van der Waals surface area contributed by atoms with E-state index in [4.69, 9.17) is 5.11 Å². The highest BCUT2D eigenvalue weighted by Gasteiger charge is 2.35. The first kappa shape index (κ1) is 21.3. The number of urea groups is 1. The van der Waals surface area contributed by atoms with Crippen molar-refractivity contribution < 1.29 is 27.5 Å². The summed E-state index contributed by atoms with van der Waals surface area (Å²) in [6.07, 6.45) is -4.64. The standard InChI is InChI=1S/C20H18F4N4O2/c1-12-4-2-3-5-17(12)28-15(9-18(27-28)20(22,23)24)10-25-19(30)26-14-7-6-13(11-29)16(21)8-14/h2-9,29H,10-11H2,1H3,(H2,25,26,30). The van der Waals surface area contributed by atoms with Crippen LogP contribution < -0.4 is 10.6 Å². The van der Waals surface area contributed by atoms with Crippen LogP contribution in [0.5, 0.6) is 0 Å². The van der Waals surface area contributed by atoms with Gasteiger partial charge in [0.1, 0.15) is 5.82 Å². The number of benzene rings is 2. The Hall–Kier alpha value is -3.40. The van der Waals surface area contributed by atoms with E-state index < -0.39 is 30.3 Å². The number of amides is 2. The normalized spacial score (nSPS) is 11.4. The molecule has 3 aromatic rings. The highest BCUT2D eigenvalue weighted by atomic mass is 19.4. The predicted octanol–water partition coefficient (Wildman–Crippen LogP) is 4.15. The SMILES string of the molecule is Cc1ccccc1-n1nc(C(F)(F)F)cc1CNC(=O)Nc1ccc(CO)c(F)c1. The number of nitrogens with one attached hydrogen (secondary N) is 2. The van der Waals surface area contributed by atoms with Crippen molar-refractivity contribution >= 4 is 11.7 Å². The van der Waals surface area contributed by atoms with Crippen LogP contribution in [0, 0.1) is 12.7 Å². The Morgan fingerprint density at radius 2 is 1.90 bits per heavy atom. The lowest BCUT2D eigenvalue weighted by Gasteiger charge is -2.12. The summed E-state index contributed by atoms with van der Waals surface area (Å²) in [6.45, 7) is 1.00. The number of aryl methyl sites for hydroxylation is 1. The molecule has 0 saturated heterocycles. The van der Waals surface area contributed by atoms with Crippen molar-refractivity contribution in [1.82, 2.24) is 15.1 Å². The van der Waals surface area contributed by atoms with Gasteiger partial charge in [-0.2, -0.15) is 18.3 Å². The number of carbonyl (C=O) groups excluding carboxylic acids is 1. The average molecular weight is 422 g/mol. The number of aromatic nitrogens is 2. The Bertz CT molecular complexity index is 1060. The van der Waals surface area contributed by atoms with Crippen molar-refractivity contribution in [1.29, 1.82) is 0 Å². The van der Waals surface area contributed by atoms with Crippen molar-refractivity contribution in [3.05, 3.63) is 76.9 Å². The number of hydrogen-bond donors (Lipinski definition) is 3. The second-order valence-corrected chi connectivity index (χ2v) is 6.49. The zero-order valence-electron chi connectivity index (χ0n) is 15.8. The fraction of sp³-hybridized carbons (Fsp3) is 0.200. The number of aliphatic hydroxyl groups excluding tert-OH is 1. The monoisotopic (exact) mass is 422 g/mol. The summed E-state index contributed by atoms with van der Waals surface area (Å²) in [5.74, 6) is -0.692. The molecule has 30 heavy (non-hydrogen) atoms. The van der Waals surface area contributed by atoms with Gasteiger partial charge in [-0.15, -0.1) is 0 Å². The van der Waals surface area contributed by atoms with Gasteiger partial charge in [0, 0.05) is 11.3 Å². The van der Waals surface area contributed by atoms with E-state index in [1.54, 1.807) is 31.2 Å². The van der Waals surface area contributed by atoms with E-state index in [0.29, 0.717) is 11.3 Å². The van der Waals surface area contributed by atoms with E-state index in [2.05, 4.69) is 15.7 Å². The van der Waals surface area contributed by atoms with E-state index in [-0.39, 0.29) is 23.5 Å². The van der Waals surface area contributed by atoms with E-state index in [1.165, 1.54) is 12.1 Å². The van der Waals surface area contributed by atoms with E-state index >= 15 is 0 Å². The molecular formula is C20H18F4N4O2. The molecule has 1 heterocycles. The molecule has 0 aliphatic rings. The van der Waals surface area contributed by atoms with Crippen LogP contribution in [-0.4, -0.2) is 20.9 Å². The minimum atomic E-state index is -4.64. The second-order valence-electron chi connectivity index (χ2n) is 6.49. The largest absolute Gasteiger partial charge is 0.435 e. The lowest BCUT2D eigenvalue weighted by molar-refractivity contribution is -0.141. The van der Waals surface area contributed by atoms with Crippen LogP contribution >= 0.6 is 0 Å². The van der Waals surface area contributed by atoms with Gasteiger partial charge in [-0.3, -0.25) is 0 Å². The maximum atomic E-state index is 13.7. The molecule has 0 radical (unpaired) electrons. The third-order valence-electron chi connectivity index (χ3n) is 4.33. The molecule has 10 heteroatoms. The topological polar surface area (TPSA) is 79.2 Å². The molecule has 0 bridgehead atoms. The van der Waals surface area contributed by atoms with Crippen molar-refractivity contribution in [3.63, 3.8) is 0 Å². The number of carbonyl (C=O) groups is 1. The summed E-state index contributed by atoms with van der Waals surface area (Å²) >= 11 is 0. The summed E-state index contributed by atoms with van der Waals surface area (Å²) in [5, 5.41) is 17.5. The van der Waals surface area contributed by atoms with Gasteiger partial charge >= 0.3 is 12.2 Å². The Kier molecular flexibility index (Phi) is 6.06. The molecule has 0 aliphatic carbocycles. The first-order chi connectivity index (χ1) is 14.2.